The maximum Gasteiger partial charge on any atom is 0.118 e. The van der Waals surface area contributed by atoms with Crippen molar-refractivity contribution in [3.8, 4) is 5.75 Å². The van der Waals surface area contributed by atoms with Crippen LogP contribution >= 0.6 is 0 Å². The quantitative estimate of drug-likeness (QED) is 0.673. The molecule has 1 atom stereocenters. The van der Waals surface area contributed by atoms with Gasteiger partial charge in [-0.3, -0.25) is 0 Å². The molecule has 0 spiro atoms. The van der Waals surface area contributed by atoms with E-state index in [9.17, 15) is 0 Å². The Labute approximate surface area is 116 Å². The smallest absolute Gasteiger partial charge is 0.118 e. The lowest BCUT2D eigenvalue weighted by Gasteiger charge is -2.19. The first-order valence-electron chi connectivity index (χ1n) is 7.33. The van der Waals surface area contributed by atoms with E-state index in [1.807, 2.05) is 12.1 Å². The van der Waals surface area contributed by atoms with Gasteiger partial charge < -0.3 is 15.2 Å². The second-order valence-corrected chi connectivity index (χ2v) is 5.33. The van der Waals surface area contributed by atoms with Crippen LogP contribution in [0, 0.1) is 5.92 Å². The summed E-state index contributed by atoms with van der Waals surface area (Å²) in [7, 11) is 1.70. The lowest BCUT2D eigenvalue weighted by molar-refractivity contribution is 0.282. The largest absolute Gasteiger partial charge is 0.497 e. The molecule has 2 N–H and O–H groups in total. The van der Waals surface area contributed by atoms with E-state index in [4.69, 9.17) is 9.84 Å². The third kappa shape index (κ3) is 4.51. The summed E-state index contributed by atoms with van der Waals surface area (Å²) in [5.41, 5.74) is 1.37. The third-order valence-electron chi connectivity index (χ3n) is 3.77. The molecule has 0 heterocycles. The maximum atomic E-state index is 8.77. The van der Waals surface area contributed by atoms with E-state index in [1.165, 1.54) is 18.4 Å². The zero-order valence-corrected chi connectivity index (χ0v) is 11.8. The molecule has 3 heteroatoms. The maximum absolute atomic E-state index is 8.77. The first-order valence-corrected chi connectivity index (χ1v) is 7.33. The SMILES string of the molecule is COc1ccc(C(NCCCCCO)C2CC2)cc1. The van der Waals surface area contributed by atoms with Gasteiger partial charge in [-0.2, -0.15) is 0 Å². The van der Waals surface area contributed by atoms with E-state index in [0.29, 0.717) is 12.6 Å². The van der Waals surface area contributed by atoms with Gasteiger partial charge in [0.2, 0.25) is 0 Å². The number of aliphatic hydroxyl groups excluding tert-OH is 1. The van der Waals surface area contributed by atoms with Crippen molar-refractivity contribution in [3.05, 3.63) is 29.8 Å². The first kappa shape index (κ1) is 14.4. The molecular formula is C16H25NO2. The van der Waals surface area contributed by atoms with Crippen molar-refractivity contribution in [3.63, 3.8) is 0 Å². The molecule has 0 bridgehead atoms. The van der Waals surface area contributed by atoms with Gasteiger partial charge in [-0.05, 0) is 62.3 Å². The van der Waals surface area contributed by atoms with Gasteiger partial charge in [0, 0.05) is 12.6 Å². The van der Waals surface area contributed by atoms with Crippen LogP contribution in [0.25, 0.3) is 0 Å². The van der Waals surface area contributed by atoms with Crippen LogP contribution in [0.4, 0.5) is 0 Å². The average molecular weight is 263 g/mol. The van der Waals surface area contributed by atoms with Crippen LogP contribution in [-0.4, -0.2) is 25.4 Å². The van der Waals surface area contributed by atoms with Gasteiger partial charge in [-0.25, -0.2) is 0 Å². The van der Waals surface area contributed by atoms with Gasteiger partial charge in [0.25, 0.3) is 0 Å². The third-order valence-corrected chi connectivity index (χ3v) is 3.77. The molecule has 106 valence electrons. The molecule has 1 aliphatic carbocycles. The van der Waals surface area contributed by atoms with Crippen molar-refractivity contribution >= 4 is 0 Å². The highest BCUT2D eigenvalue weighted by Gasteiger charge is 2.31. The number of ether oxygens (including phenoxy) is 1. The molecule has 1 fully saturated rings. The van der Waals surface area contributed by atoms with Crippen molar-refractivity contribution in [2.45, 2.75) is 38.1 Å². The number of hydrogen-bond donors (Lipinski definition) is 2. The van der Waals surface area contributed by atoms with Crippen LogP contribution in [0.5, 0.6) is 5.75 Å². The summed E-state index contributed by atoms with van der Waals surface area (Å²) in [5.74, 6) is 1.72. The molecule has 1 aliphatic rings. The average Bonchev–Trinajstić information content (AvgIpc) is 3.28. The molecule has 0 aliphatic heterocycles. The Balaban J connectivity index is 1.84. The summed E-state index contributed by atoms with van der Waals surface area (Å²) >= 11 is 0. The van der Waals surface area contributed by atoms with E-state index >= 15 is 0 Å². The fourth-order valence-corrected chi connectivity index (χ4v) is 2.47. The van der Waals surface area contributed by atoms with Crippen molar-refractivity contribution in [2.75, 3.05) is 20.3 Å². The van der Waals surface area contributed by atoms with Crippen LogP contribution in [0.2, 0.25) is 0 Å². The highest BCUT2D eigenvalue weighted by Crippen LogP contribution is 2.41. The molecule has 19 heavy (non-hydrogen) atoms. The van der Waals surface area contributed by atoms with E-state index in [1.54, 1.807) is 7.11 Å². The number of hydrogen-bond acceptors (Lipinski definition) is 3. The Hall–Kier alpha value is -1.06. The molecular weight excluding hydrogens is 238 g/mol. The van der Waals surface area contributed by atoms with Crippen molar-refractivity contribution in [1.29, 1.82) is 0 Å². The Bertz CT molecular complexity index is 360. The number of methoxy groups -OCH3 is 1. The van der Waals surface area contributed by atoms with E-state index in [0.717, 1.165) is 37.5 Å². The summed E-state index contributed by atoms with van der Waals surface area (Å²) in [6.45, 7) is 1.34. The minimum atomic E-state index is 0.310. The fourth-order valence-electron chi connectivity index (χ4n) is 2.47. The highest BCUT2D eigenvalue weighted by atomic mass is 16.5. The second-order valence-electron chi connectivity index (χ2n) is 5.33. The monoisotopic (exact) mass is 263 g/mol. The van der Waals surface area contributed by atoms with Gasteiger partial charge in [0.1, 0.15) is 5.75 Å². The van der Waals surface area contributed by atoms with Crippen LogP contribution in [0.15, 0.2) is 24.3 Å². The van der Waals surface area contributed by atoms with E-state index < -0.39 is 0 Å². The zero-order valence-electron chi connectivity index (χ0n) is 11.8. The van der Waals surface area contributed by atoms with Crippen molar-refractivity contribution in [2.24, 2.45) is 5.92 Å². The summed E-state index contributed by atoms with van der Waals surface area (Å²) in [6, 6.07) is 8.90. The predicted molar refractivity (Wildman–Crippen MR) is 77.4 cm³/mol. The minimum Gasteiger partial charge on any atom is -0.497 e. The van der Waals surface area contributed by atoms with Gasteiger partial charge in [0.15, 0.2) is 0 Å². The Morgan fingerprint density at radius 2 is 1.95 bits per heavy atom. The second kappa shape index (κ2) is 7.51. The van der Waals surface area contributed by atoms with E-state index in [-0.39, 0.29) is 0 Å². The standard InChI is InChI=1S/C16H25NO2/c1-19-15-9-7-14(8-10-15)16(13-5-6-13)17-11-3-2-4-12-18/h7-10,13,16-18H,2-6,11-12H2,1H3. The lowest BCUT2D eigenvalue weighted by Crippen LogP contribution is -2.24. The van der Waals surface area contributed by atoms with Crippen LogP contribution in [-0.2, 0) is 0 Å². The number of rotatable bonds is 9. The molecule has 1 unspecified atom stereocenters. The number of aliphatic hydroxyl groups is 1. The molecule has 1 saturated carbocycles. The lowest BCUT2D eigenvalue weighted by atomic mass is 10.0. The summed E-state index contributed by atoms with van der Waals surface area (Å²) in [6.07, 6.45) is 5.82. The molecule has 0 radical (unpaired) electrons. The number of nitrogens with one attached hydrogen (secondary N) is 1. The molecule has 0 aromatic heterocycles. The zero-order chi connectivity index (χ0) is 13.5. The fraction of sp³-hybridized carbons (Fsp3) is 0.625. The normalized spacial score (nSPS) is 16.3. The summed E-state index contributed by atoms with van der Waals surface area (Å²) < 4.78 is 5.21. The van der Waals surface area contributed by atoms with Crippen molar-refractivity contribution < 1.29 is 9.84 Å². The summed E-state index contributed by atoms with van der Waals surface area (Å²) in [5, 5.41) is 12.4. The molecule has 0 saturated heterocycles. The number of unbranched alkanes of at least 4 members (excludes halogenated alkanes) is 2. The van der Waals surface area contributed by atoms with E-state index in [2.05, 4.69) is 17.4 Å². The number of benzene rings is 1. The van der Waals surface area contributed by atoms with Gasteiger partial charge in [-0.1, -0.05) is 12.1 Å². The highest BCUT2D eigenvalue weighted by molar-refractivity contribution is 5.30. The molecule has 1 aromatic carbocycles. The van der Waals surface area contributed by atoms with Gasteiger partial charge in [-0.15, -0.1) is 0 Å². The molecule has 2 rings (SSSR count). The minimum absolute atomic E-state index is 0.310. The Morgan fingerprint density at radius 3 is 2.53 bits per heavy atom. The topological polar surface area (TPSA) is 41.5 Å². The molecule has 3 nitrogen and oxygen atoms in total. The van der Waals surface area contributed by atoms with Crippen LogP contribution < -0.4 is 10.1 Å². The molecule has 0 amide bonds. The van der Waals surface area contributed by atoms with Crippen LogP contribution in [0.1, 0.15) is 43.7 Å². The first-order chi connectivity index (χ1) is 9.35. The molecule has 1 aromatic rings. The summed E-state index contributed by atoms with van der Waals surface area (Å²) in [4.78, 5) is 0. The van der Waals surface area contributed by atoms with Gasteiger partial charge in [0.05, 0.1) is 7.11 Å². The van der Waals surface area contributed by atoms with Gasteiger partial charge >= 0.3 is 0 Å². The Kier molecular flexibility index (Phi) is 5.67. The predicted octanol–water partition coefficient (Wildman–Crippen LogP) is 2.90. The van der Waals surface area contributed by atoms with Crippen LogP contribution in [0.3, 0.4) is 0 Å². The Morgan fingerprint density at radius 1 is 1.21 bits per heavy atom. The van der Waals surface area contributed by atoms with Crippen molar-refractivity contribution in [1.82, 2.24) is 5.32 Å².